The van der Waals surface area contributed by atoms with Gasteiger partial charge in [-0.05, 0) is 51.7 Å². The third-order valence-corrected chi connectivity index (χ3v) is 4.82. The summed E-state index contributed by atoms with van der Waals surface area (Å²) >= 11 is 0. The molecule has 2 aromatic rings. The average Bonchev–Trinajstić information content (AvgIpc) is 2.93. The first kappa shape index (κ1) is 17.7. The molecule has 1 heterocycles. The number of nitrogens with zero attached hydrogens (tertiary/aromatic N) is 3. The highest BCUT2D eigenvalue weighted by atomic mass is 16.3. The van der Waals surface area contributed by atoms with Gasteiger partial charge < -0.3 is 20.3 Å². The van der Waals surface area contributed by atoms with Gasteiger partial charge in [0.25, 0.3) is 0 Å². The Hall–Kier alpha value is -2.08. The number of hydrogen-bond donors (Lipinski definition) is 3. The van der Waals surface area contributed by atoms with Gasteiger partial charge >= 0.3 is 0 Å². The quantitative estimate of drug-likeness (QED) is 0.575. The van der Waals surface area contributed by atoms with E-state index in [0.29, 0.717) is 12.6 Å². The van der Waals surface area contributed by atoms with E-state index in [2.05, 4.69) is 33.2 Å². The molecule has 0 aliphatic heterocycles. The third kappa shape index (κ3) is 4.51. The number of hydrogen-bond acceptors (Lipinski definition) is 3. The van der Waals surface area contributed by atoms with Crippen molar-refractivity contribution in [1.82, 2.24) is 20.2 Å². The molecule has 25 heavy (non-hydrogen) atoms. The highest BCUT2D eigenvalue weighted by molar-refractivity contribution is 5.80. The highest BCUT2D eigenvalue weighted by Crippen LogP contribution is 2.18. The summed E-state index contributed by atoms with van der Waals surface area (Å²) < 4.78 is 2.22. The first-order valence-electron chi connectivity index (χ1n) is 9.32. The molecule has 0 radical (unpaired) electrons. The zero-order valence-electron chi connectivity index (χ0n) is 15.2. The first-order chi connectivity index (χ1) is 12.2. The molecule has 0 bridgehead atoms. The molecular formula is C19H29N5O. The second-order valence-corrected chi connectivity index (χ2v) is 6.71. The van der Waals surface area contributed by atoms with Crippen LogP contribution in [0.1, 0.15) is 38.4 Å². The Kier molecular flexibility index (Phi) is 5.91. The fraction of sp³-hybridized carbons (Fsp3) is 0.579. The third-order valence-electron chi connectivity index (χ3n) is 4.82. The van der Waals surface area contributed by atoms with Gasteiger partial charge in [-0.15, -0.1) is 0 Å². The minimum atomic E-state index is -0.130. The number of benzene rings is 1. The molecule has 3 N–H and O–H groups in total. The minimum absolute atomic E-state index is 0.130. The molecule has 0 unspecified atom stereocenters. The Bertz CT molecular complexity index is 716. The molecule has 1 aliphatic carbocycles. The number of nitrogens with one attached hydrogen (secondary N) is 2. The number of aromatic nitrogens is 2. The van der Waals surface area contributed by atoms with Crippen LogP contribution in [0.25, 0.3) is 11.0 Å². The van der Waals surface area contributed by atoms with Gasteiger partial charge in [-0.2, -0.15) is 0 Å². The van der Waals surface area contributed by atoms with Crippen molar-refractivity contribution in [3.63, 3.8) is 0 Å². The summed E-state index contributed by atoms with van der Waals surface area (Å²) in [5.41, 5.74) is 2.20. The number of fused-ring (bicyclic) bond motifs is 1. The standard InChI is InChI=1S/C19H29N5O/c1-3-20-19(23-15-8-10-16(25)11-9-15)21-12-13-24-14(2)22-17-6-4-5-7-18(17)24/h4-7,15-16,25H,3,8-13H2,1-2H3,(H2,20,21,23). The molecule has 0 spiro atoms. The van der Waals surface area contributed by atoms with Crippen molar-refractivity contribution in [1.29, 1.82) is 0 Å². The monoisotopic (exact) mass is 343 g/mol. The summed E-state index contributed by atoms with van der Waals surface area (Å²) in [6, 6.07) is 8.62. The molecule has 1 saturated carbocycles. The second-order valence-electron chi connectivity index (χ2n) is 6.71. The molecule has 6 heteroatoms. The average molecular weight is 343 g/mol. The van der Waals surface area contributed by atoms with Crippen molar-refractivity contribution in [3.8, 4) is 0 Å². The molecule has 0 saturated heterocycles. The van der Waals surface area contributed by atoms with E-state index >= 15 is 0 Å². The lowest BCUT2D eigenvalue weighted by atomic mass is 9.93. The van der Waals surface area contributed by atoms with Gasteiger partial charge in [0, 0.05) is 19.1 Å². The van der Waals surface area contributed by atoms with Gasteiger partial charge in [-0.3, -0.25) is 4.99 Å². The zero-order chi connectivity index (χ0) is 17.6. The maximum atomic E-state index is 9.64. The van der Waals surface area contributed by atoms with E-state index in [4.69, 9.17) is 4.99 Å². The van der Waals surface area contributed by atoms with E-state index in [1.807, 2.05) is 25.1 Å². The van der Waals surface area contributed by atoms with Crippen molar-refractivity contribution >= 4 is 17.0 Å². The van der Waals surface area contributed by atoms with Crippen molar-refractivity contribution < 1.29 is 5.11 Å². The van der Waals surface area contributed by atoms with Gasteiger partial charge in [0.2, 0.25) is 0 Å². The fourth-order valence-corrected chi connectivity index (χ4v) is 3.47. The van der Waals surface area contributed by atoms with Crippen LogP contribution >= 0.6 is 0 Å². The summed E-state index contributed by atoms with van der Waals surface area (Å²) in [7, 11) is 0. The van der Waals surface area contributed by atoms with Gasteiger partial charge in [0.05, 0.1) is 23.7 Å². The SMILES string of the molecule is CCNC(=NCCn1c(C)nc2ccccc21)NC1CCC(O)CC1. The number of aryl methyl sites for hydroxylation is 1. The lowest BCUT2D eigenvalue weighted by Gasteiger charge is -2.27. The van der Waals surface area contributed by atoms with Crippen LogP contribution in [0.3, 0.4) is 0 Å². The topological polar surface area (TPSA) is 74.5 Å². The molecule has 3 rings (SSSR count). The van der Waals surface area contributed by atoms with E-state index in [1.165, 1.54) is 0 Å². The number of para-hydroxylation sites is 2. The van der Waals surface area contributed by atoms with Crippen LogP contribution in [0.2, 0.25) is 0 Å². The van der Waals surface area contributed by atoms with Crippen LogP contribution in [0.15, 0.2) is 29.3 Å². The van der Waals surface area contributed by atoms with E-state index in [0.717, 1.165) is 61.6 Å². The lowest BCUT2D eigenvalue weighted by molar-refractivity contribution is 0.120. The van der Waals surface area contributed by atoms with Crippen LogP contribution in [0.4, 0.5) is 0 Å². The normalized spacial score (nSPS) is 21.5. The number of aliphatic imine (C=N–C) groups is 1. The summed E-state index contributed by atoms with van der Waals surface area (Å²) in [4.78, 5) is 9.34. The molecule has 0 amide bonds. The van der Waals surface area contributed by atoms with Crippen molar-refractivity contribution in [2.24, 2.45) is 4.99 Å². The Morgan fingerprint density at radius 1 is 1.28 bits per heavy atom. The largest absolute Gasteiger partial charge is 0.393 e. The predicted octanol–water partition coefficient (Wildman–Crippen LogP) is 2.20. The van der Waals surface area contributed by atoms with Crippen LogP contribution in [-0.4, -0.2) is 45.9 Å². The molecule has 1 aliphatic rings. The van der Waals surface area contributed by atoms with Gasteiger partial charge in [-0.25, -0.2) is 4.98 Å². The first-order valence-corrected chi connectivity index (χ1v) is 9.32. The Labute approximate surface area is 149 Å². The fourth-order valence-electron chi connectivity index (χ4n) is 3.47. The molecular weight excluding hydrogens is 314 g/mol. The van der Waals surface area contributed by atoms with E-state index in [-0.39, 0.29) is 6.10 Å². The van der Waals surface area contributed by atoms with E-state index in [1.54, 1.807) is 0 Å². The predicted molar refractivity (Wildman–Crippen MR) is 102 cm³/mol. The van der Waals surface area contributed by atoms with E-state index in [9.17, 15) is 5.11 Å². The summed E-state index contributed by atoms with van der Waals surface area (Å²) in [6.45, 7) is 6.47. The molecule has 0 atom stereocenters. The summed E-state index contributed by atoms with van der Waals surface area (Å²) in [5, 5.41) is 16.5. The Morgan fingerprint density at radius 3 is 2.80 bits per heavy atom. The molecule has 1 fully saturated rings. The molecule has 1 aromatic heterocycles. The molecule has 1 aromatic carbocycles. The van der Waals surface area contributed by atoms with Crippen molar-refractivity contribution in [2.75, 3.05) is 13.1 Å². The number of imidazole rings is 1. The Balaban J connectivity index is 1.62. The number of aliphatic hydroxyl groups is 1. The maximum absolute atomic E-state index is 9.64. The number of rotatable bonds is 5. The minimum Gasteiger partial charge on any atom is -0.393 e. The number of aliphatic hydroxyl groups excluding tert-OH is 1. The Morgan fingerprint density at radius 2 is 2.04 bits per heavy atom. The second kappa shape index (κ2) is 8.34. The van der Waals surface area contributed by atoms with Crippen molar-refractivity contribution in [2.45, 2.75) is 58.2 Å². The van der Waals surface area contributed by atoms with Crippen LogP contribution in [0, 0.1) is 6.92 Å². The molecule has 6 nitrogen and oxygen atoms in total. The molecule has 136 valence electrons. The van der Waals surface area contributed by atoms with Gasteiger partial charge in [0.15, 0.2) is 5.96 Å². The van der Waals surface area contributed by atoms with Gasteiger partial charge in [-0.1, -0.05) is 12.1 Å². The van der Waals surface area contributed by atoms with Crippen molar-refractivity contribution in [3.05, 3.63) is 30.1 Å². The lowest BCUT2D eigenvalue weighted by Crippen LogP contribution is -2.45. The zero-order valence-corrected chi connectivity index (χ0v) is 15.2. The van der Waals surface area contributed by atoms with Crippen LogP contribution in [-0.2, 0) is 6.54 Å². The highest BCUT2D eigenvalue weighted by Gasteiger charge is 2.19. The van der Waals surface area contributed by atoms with Crippen LogP contribution in [0.5, 0.6) is 0 Å². The van der Waals surface area contributed by atoms with E-state index < -0.39 is 0 Å². The summed E-state index contributed by atoms with van der Waals surface area (Å²) in [6.07, 6.45) is 3.61. The maximum Gasteiger partial charge on any atom is 0.191 e. The number of guanidine groups is 1. The van der Waals surface area contributed by atoms with Gasteiger partial charge in [0.1, 0.15) is 5.82 Å². The smallest absolute Gasteiger partial charge is 0.191 e. The summed E-state index contributed by atoms with van der Waals surface area (Å²) in [5.74, 6) is 1.89. The van der Waals surface area contributed by atoms with Crippen LogP contribution < -0.4 is 10.6 Å².